The van der Waals surface area contributed by atoms with Crippen LogP contribution in [0.25, 0.3) is 0 Å². The van der Waals surface area contributed by atoms with Gasteiger partial charge < -0.3 is 4.74 Å². The summed E-state index contributed by atoms with van der Waals surface area (Å²) < 4.78 is 28.2. The molecular formula is C9H15NO3S. The molecule has 0 radical (unpaired) electrons. The zero-order valence-electron chi connectivity index (χ0n) is 8.30. The molecule has 2 N–H and O–H groups in total. The Morgan fingerprint density at radius 3 is 2.43 bits per heavy atom. The van der Waals surface area contributed by atoms with Crippen LogP contribution in [-0.4, -0.2) is 19.5 Å². The van der Waals surface area contributed by atoms with Gasteiger partial charge in [-0.25, -0.2) is 13.6 Å². The Morgan fingerprint density at radius 2 is 2.07 bits per heavy atom. The molecule has 5 heteroatoms. The molecule has 1 aliphatic rings. The van der Waals surface area contributed by atoms with Crippen molar-refractivity contribution in [2.75, 3.05) is 0 Å². The molecule has 0 aromatic carbocycles. The SMILES string of the molecule is CC(C)OC1(S(N)(=O)=O)C=CC=CC1. The molecule has 1 atom stereocenters. The number of hydrogen-bond donors (Lipinski definition) is 1. The quantitative estimate of drug-likeness (QED) is 0.764. The van der Waals surface area contributed by atoms with Crippen LogP contribution < -0.4 is 5.14 Å². The predicted octanol–water partition coefficient (Wildman–Crippen LogP) is 0.912. The van der Waals surface area contributed by atoms with Crippen LogP contribution >= 0.6 is 0 Å². The average molecular weight is 217 g/mol. The monoisotopic (exact) mass is 217 g/mol. The zero-order chi connectivity index (χ0) is 10.8. The van der Waals surface area contributed by atoms with Gasteiger partial charge in [0.2, 0.25) is 15.0 Å². The molecular weight excluding hydrogens is 202 g/mol. The first-order chi connectivity index (χ1) is 6.37. The minimum Gasteiger partial charge on any atom is -0.351 e. The normalized spacial score (nSPS) is 27.1. The van der Waals surface area contributed by atoms with Gasteiger partial charge in [-0.1, -0.05) is 18.2 Å². The van der Waals surface area contributed by atoms with Crippen molar-refractivity contribution in [2.24, 2.45) is 5.14 Å². The number of nitrogens with two attached hydrogens (primary N) is 1. The van der Waals surface area contributed by atoms with E-state index in [0.29, 0.717) is 0 Å². The van der Waals surface area contributed by atoms with Gasteiger partial charge in [0.05, 0.1) is 6.10 Å². The molecule has 0 aromatic heterocycles. The number of primary sulfonamides is 1. The van der Waals surface area contributed by atoms with Crippen LogP contribution in [0.3, 0.4) is 0 Å². The molecule has 0 heterocycles. The molecule has 4 nitrogen and oxygen atoms in total. The van der Waals surface area contributed by atoms with Crippen LogP contribution in [0.1, 0.15) is 20.3 Å². The van der Waals surface area contributed by atoms with Crippen LogP contribution in [0.4, 0.5) is 0 Å². The summed E-state index contributed by atoms with van der Waals surface area (Å²) in [7, 11) is -3.74. The Bertz CT molecular complexity index is 356. The fourth-order valence-corrected chi connectivity index (χ4v) is 2.27. The predicted molar refractivity (Wildman–Crippen MR) is 55.0 cm³/mol. The number of hydrogen-bond acceptors (Lipinski definition) is 3. The summed E-state index contributed by atoms with van der Waals surface area (Å²) in [6, 6.07) is 0. The standard InChI is InChI=1S/C9H15NO3S/c1-8(2)13-9(14(10,11)12)6-4-3-5-7-9/h3-6,8H,7H2,1-2H3,(H2,10,11,12). The topological polar surface area (TPSA) is 69.4 Å². The summed E-state index contributed by atoms with van der Waals surface area (Å²) in [5, 5.41) is 5.16. The maximum atomic E-state index is 11.4. The second-order valence-electron chi connectivity index (χ2n) is 3.51. The highest BCUT2D eigenvalue weighted by molar-refractivity contribution is 7.90. The van der Waals surface area contributed by atoms with Crippen LogP contribution in [0.2, 0.25) is 0 Å². The Hall–Kier alpha value is -0.650. The Kier molecular flexibility index (Phi) is 3.14. The van der Waals surface area contributed by atoms with E-state index in [2.05, 4.69) is 0 Å². The van der Waals surface area contributed by atoms with E-state index in [-0.39, 0.29) is 12.5 Å². The number of sulfonamides is 1. The molecule has 1 unspecified atom stereocenters. The lowest BCUT2D eigenvalue weighted by atomic mass is 10.1. The van der Waals surface area contributed by atoms with E-state index < -0.39 is 15.0 Å². The maximum absolute atomic E-state index is 11.4. The van der Waals surface area contributed by atoms with Gasteiger partial charge in [0, 0.05) is 6.42 Å². The third-order valence-corrected chi connectivity index (χ3v) is 3.28. The van der Waals surface area contributed by atoms with Crippen LogP contribution in [0.5, 0.6) is 0 Å². The van der Waals surface area contributed by atoms with E-state index >= 15 is 0 Å². The summed E-state index contributed by atoms with van der Waals surface area (Å²) in [6.45, 7) is 3.55. The summed E-state index contributed by atoms with van der Waals surface area (Å²) in [6.07, 6.45) is 6.70. The summed E-state index contributed by atoms with van der Waals surface area (Å²) in [5.74, 6) is 0. The highest BCUT2D eigenvalue weighted by Gasteiger charge is 2.40. The molecule has 80 valence electrons. The van der Waals surface area contributed by atoms with Gasteiger partial charge in [0.25, 0.3) is 0 Å². The van der Waals surface area contributed by atoms with E-state index in [0.717, 1.165) is 0 Å². The number of ether oxygens (including phenoxy) is 1. The third-order valence-electron chi connectivity index (χ3n) is 1.92. The zero-order valence-corrected chi connectivity index (χ0v) is 9.12. The molecule has 0 fully saturated rings. The highest BCUT2D eigenvalue weighted by atomic mass is 32.2. The fraction of sp³-hybridized carbons (Fsp3) is 0.556. The van der Waals surface area contributed by atoms with Crippen LogP contribution in [0.15, 0.2) is 24.3 Å². The first-order valence-corrected chi connectivity index (χ1v) is 5.96. The van der Waals surface area contributed by atoms with Crippen molar-refractivity contribution in [3.63, 3.8) is 0 Å². The number of rotatable bonds is 3. The lowest BCUT2D eigenvalue weighted by molar-refractivity contribution is 0.00736. The highest BCUT2D eigenvalue weighted by Crippen LogP contribution is 2.28. The van der Waals surface area contributed by atoms with E-state index in [4.69, 9.17) is 9.88 Å². The van der Waals surface area contributed by atoms with Crippen molar-refractivity contribution in [2.45, 2.75) is 31.3 Å². The fourth-order valence-electron chi connectivity index (χ4n) is 1.35. The van der Waals surface area contributed by atoms with Gasteiger partial charge in [-0.15, -0.1) is 0 Å². The van der Waals surface area contributed by atoms with Gasteiger partial charge in [-0.05, 0) is 19.9 Å². The van der Waals surface area contributed by atoms with Crippen molar-refractivity contribution in [1.29, 1.82) is 0 Å². The third kappa shape index (κ3) is 2.23. The lowest BCUT2D eigenvalue weighted by Gasteiger charge is -2.30. The van der Waals surface area contributed by atoms with Gasteiger partial charge in [0.15, 0.2) is 0 Å². The minimum atomic E-state index is -3.74. The average Bonchev–Trinajstić information content (AvgIpc) is 2.02. The molecule has 0 spiro atoms. The Labute approximate surface area is 84.5 Å². The minimum absolute atomic E-state index is 0.190. The maximum Gasteiger partial charge on any atom is 0.243 e. The van der Waals surface area contributed by atoms with E-state index in [1.165, 1.54) is 6.08 Å². The van der Waals surface area contributed by atoms with Crippen molar-refractivity contribution in [1.82, 2.24) is 0 Å². The van der Waals surface area contributed by atoms with Crippen molar-refractivity contribution >= 4 is 10.0 Å². The molecule has 0 aromatic rings. The Morgan fingerprint density at radius 1 is 1.43 bits per heavy atom. The van der Waals surface area contributed by atoms with Crippen LogP contribution in [-0.2, 0) is 14.8 Å². The lowest BCUT2D eigenvalue weighted by Crippen LogP contribution is -2.46. The summed E-state index contributed by atoms with van der Waals surface area (Å²) in [4.78, 5) is -1.38. The van der Waals surface area contributed by atoms with Crippen molar-refractivity contribution in [3.8, 4) is 0 Å². The largest absolute Gasteiger partial charge is 0.351 e. The van der Waals surface area contributed by atoms with Crippen LogP contribution in [0, 0.1) is 0 Å². The van der Waals surface area contributed by atoms with Crippen molar-refractivity contribution < 1.29 is 13.2 Å². The molecule has 0 bridgehead atoms. The van der Waals surface area contributed by atoms with Gasteiger partial charge in [-0.2, -0.15) is 0 Å². The van der Waals surface area contributed by atoms with Gasteiger partial charge in [-0.3, -0.25) is 0 Å². The molecule has 1 aliphatic carbocycles. The summed E-state index contributed by atoms with van der Waals surface area (Å²) in [5.41, 5.74) is 0. The second-order valence-corrected chi connectivity index (χ2v) is 5.30. The van der Waals surface area contributed by atoms with E-state index in [1.807, 2.05) is 0 Å². The second kappa shape index (κ2) is 3.84. The first kappa shape index (κ1) is 11.4. The molecule has 0 aliphatic heterocycles. The van der Waals surface area contributed by atoms with Gasteiger partial charge in [0.1, 0.15) is 0 Å². The van der Waals surface area contributed by atoms with E-state index in [9.17, 15) is 8.42 Å². The molecule has 0 amide bonds. The molecule has 14 heavy (non-hydrogen) atoms. The van der Waals surface area contributed by atoms with Crippen molar-refractivity contribution in [3.05, 3.63) is 24.3 Å². The number of allylic oxidation sites excluding steroid dienone is 2. The Balaban J connectivity index is 3.04. The smallest absolute Gasteiger partial charge is 0.243 e. The van der Waals surface area contributed by atoms with E-state index in [1.54, 1.807) is 32.1 Å². The molecule has 0 saturated carbocycles. The first-order valence-electron chi connectivity index (χ1n) is 4.42. The van der Waals surface area contributed by atoms with Gasteiger partial charge >= 0.3 is 0 Å². The molecule has 0 saturated heterocycles. The summed E-state index contributed by atoms with van der Waals surface area (Å²) >= 11 is 0. The molecule has 1 rings (SSSR count).